The number of aromatic nitrogens is 1. The fraction of sp³-hybridized carbons (Fsp3) is 0.105. The minimum absolute atomic E-state index is 0.117. The Balaban J connectivity index is 1.59. The molecular formula is C19H14ClN3O2S. The van der Waals surface area contributed by atoms with Gasteiger partial charge in [0.05, 0.1) is 17.3 Å². The van der Waals surface area contributed by atoms with Gasteiger partial charge in [-0.15, -0.1) is 11.3 Å². The largest absolute Gasteiger partial charge is 0.483 e. The van der Waals surface area contributed by atoms with E-state index in [0.717, 1.165) is 16.8 Å². The van der Waals surface area contributed by atoms with Crippen LogP contribution in [0.2, 0.25) is 5.02 Å². The van der Waals surface area contributed by atoms with Crippen LogP contribution in [0.25, 0.3) is 11.3 Å². The van der Waals surface area contributed by atoms with E-state index >= 15 is 0 Å². The maximum absolute atomic E-state index is 12.1. The first-order valence-corrected chi connectivity index (χ1v) is 8.96. The summed E-state index contributed by atoms with van der Waals surface area (Å²) in [5, 5.41) is 14.5. The molecule has 7 heteroatoms. The molecule has 5 nitrogen and oxygen atoms in total. The van der Waals surface area contributed by atoms with Gasteiger partial charge in [0.25, 0.3) is 5.91 Å². The van der Waals surface area contributed by atoms with Crippen LogP contribution < -0.4 is 10.1 Å². The van der Waals surface area contributed by atoms with Crippen molar-refractivity contribution in [3.05, 3.63) is 64.0 Å². The number of benzene rings is 2. The molecule has 26 heavy (non-hydrogen) atoms. The molecule has 3 aromatic rings. The first-order chi connectivity index (χ1) is 12.5. The molecule has 0 saturated heterocycles. The number of anilines is 1. The number of thiazole rings is 1. The summed E-state index contributed by atoms with van der Waals surface area (Å²) >= 11 is 7.23. The normalized spacial score (nSPS) is 10.2. The van der Waals surface area contributed by atoms with Crippen molar-refractivity contribution in [2.75, 3.05) is 11.9 Å². The lowest BCUT2D eigenvalue weighted by Crippen LogP contribution is -2.20. The highest BCUT2D eigenvalue weighted by molar-refractivity contribution is 7.14. The summed E-state index contributed by atoms with van der Waals surface area (Å²) in [5.74, 6) is 0.321. The van der Waals surface area contributed by atoms with Gasteiger partial charge in [0.2, 0.25) is 0 Å². The topological polar surface area (TPSA) is 75.0 Å². The Morgan fingerprint density at radius 2 is 2.08 bits per heavy atom. The molecule has 0 aliphatic carbocycles. The second-order valence-corrected chi connectivity index (χ2v) is 6.77. The van der Waals surface area contributed by atoms with E-state index < -0.39 is 0 Å². The van der Waals surface area contributed by atoms with Crippen LogP contribution in [0.1, 0.15) is 11.1 Å². The Morgan fingerprint density at radius 1 is 1.31 bits per heavy atom. The number of ether oxygens (including phenoxy) is 1. The molecule has 0 bridgehead atoms. The van der Waals surface area contributed by atoms with Gasteiger partial charge in [0.15, 0.2) is 11.7 Å². The summed E-state index contributed by atoms with van der Waals surface area (Å²) in [6.07, 6.45) is 0. The van der Waals surface area contributed by atoms with Crippen molar-refractivity contribution in [1.82, 2.24) is 4.98 Å². The molecular weight excluding hydrogens is 370 g/mol. The van der Waals surface area contributed by atoms with E-state index in [1.165, 1.54) is 11.3 Å². The fourth-order valence-electron chi connectivity index (χ4n) is 2.25. The third-order valence-electron chi connectivity index (χ3n) is 3.56. The molecule has 1 aromatic heterocycles. The number of hydrogen-bond donors (Lipinski definition) is 1. The molecule has 1 N–H and O–H groups in total. The summed E-state index contributed by atoms with van der Waals surface area (Å²) < 4.78 is 5.52. The van der Waals surface area contributed by atoms with E-state index in [4.69, 9.17) is 21.6 Å². The second kappa shape index (κ2) is 8.00. The number of aryl methyl sites for hydroxylation is 1. The summed E-state index contributed by atoms with van der Waals surface area (Å²) in [5.41, 5.74) is 3.08. The molecule has 0 atom stereocenters. The Kier molecular flexibility index (Phi) is 5.52. The Hall–Kier alpha value is -2.88. The molecule has 0 aliphatic heterocycles. The summed E-state index contributed by atoms with van der Waals surface area (Å²) in [4.78, 5) is 16.5. The lowest BCUT2D eigenvalue weighted by atomic mass is 10.1. The molecule has 0 saturated carbocycles. The predicted octanol–water partition coefficient (Wildman–Crippen LogP) is 4.66. The monoisotopic (exact) mass is 383 g/mol. The van der Waals surface area contributed by atoms with Crippen molar-refractivity contribution >= 4 is 34.0 Å². The van der Waals surface area contributed by atoms with E-state index in [2.05, 4.69) is 16.4 Å². The molecule has 1 amide bonds. The van der Waals surface area contributed by atoms with Crippen LogP contribution in [0, 0.1) is 18.3 Å². The number of halogens is 1. The van der Waals surface area contributed by atoms with Gasteiger partial charge in [-0.3, -0.25) is 10.1 Å². The zero-order valence-corrected chi connectivity index (χ0v) is 15.4. The van der Waals surface area contributed by atoms with Crippen LogP contribution in [0.4, 0.5) is 5.13 Å². The molecule has 0 spiro atoms. The van der Waals surface area contributed by atoms with Gasteiger partial charge < -0.3 is 4.74 Å². The van der Waals surface area contributed by atoms with Crippen molar-refractivity contribution in [2.45, 2.75) is 6.92 Å². The lowest BCUT2D eigenvalue weighted by Gasteiger charge is -2.08. The number of carbonyl (C=O) groups is 1. The van der Waals surface area contributed by atoms with Crippen LogP contribution in [-0.4, -0.2) is 17.5 Å². The first-order valence-electron chi connectivity index (χ1n) is 7.70. The van der Waals surface area contributed by atoms with Gasteiger partial charge >= 0.3 is 0 Å². The average molecular weight is 384 g/mol. The summed E-state index contributed by atoms with van der Waals surface area (Å²) in [7, 11) is 0. The number of nitriles is 1. The Bertz CT molecular complexity index is 977. The Morgan fingerprint density at radius 3 is 2.77 bits per heavy atom. The molecule has 0 unspecified atom stereocenters. The van der Waals surface area contributed by atoms with E-state index in [9.17, 15) is 4.79 Å². The highest BCUT2D eigenvalue weighted by atomic mass is 35.5. The molecule has 3 rings (SSSR count). The zero-order valence-electron chi connectivity index (χ0n) is 13.8. The van der Waals surface area contributed by atoms with Crippen molar-refractivity contribution in [2.24, 2.45) is 0 Å². The fourth-order valence-corrected chi connectivity index (χ4v) is 3.22. The molecule has 0 aliphatic rings. The Labute approximate surface area is 159 Å². The number of nitrogens with zero attached hydrogens (tertiary/aromatic N) is 2. The van der Waals surface area contributed by atoms with E-state index in [1.807, 2.05) is 24.4 Å². The van der Waals surface area contributed by atoms with Gasteiger partial charge in [-0.25, -0.2) is 4.98 Å². The maximum Gasteiger partial charge on any atom is 0.264 e. The van der Waals surface area contributed by atoms with Crippen molar-refractivity contribution < 1.29 is 9.53 Å². The van der Waals surface area contributed by atoms with Crippen LogP contribution in [-0.2, 0) is 4.79 Å². The minimum Gasteiger partial charge on any atom is -0.483 e. The third kappa shape index (κ3) is 4.39. The number of hydrogen-bond acceptors (Lipinski definition) is 5. The minimum atomic E-state index is -0.292. The highest BCUT2D eigenvalue weighted by Gasteiger charge is 2.10. The van der Waals surface area contributed by atoms with Crippen LogP contribution in [0.15, 0.2) is 47.8 Å². The maximum atomic E-state index is 12.1. The highest BCUT2D eigenvalue weighted by Crippen LogP contribution is 2.25. The van der Waals surface area contributed by atoms with E-state index in [0.29, 0.717) is 21.5 Å². The third-order valence-corrected chi connectivity index (χ3v) is 4.55. The second-order valence-electron chi connectivity index (χ2n) is 5.47. The number of carbonyl (C=O) groups excluding carboxylic acids is 1. The summed E-state index contributed by atoms with van der Waals surface area (Å²) in [6, 6.07) is 14.4. The smallest absolute Gasteiger partial charge is 0.264 e. The number of rotatable bonds is 5. The standard InChI is InChI=1S/C19H14ClN3O2S/c1-12-8-15(20)6-7-17(12)25-10-18(24)23-19-22-16(11-26-19)14-4-2-13(9-21)3-5-14/h2-8,11H,10H2,1H3,(H,22,23,24). The molecule has 130 valence electrons. The van der Waals surface area contributed by atoms with Gasteiger partial charge in [0, 0.05) is 16.0 Å². The van der Waals surface area contributed by atoms with E-state index in [-0.39, 0.29) is 12.5 Å². The summed E-state index contributed by atoms with van der Waals surface area (Å²) in [6.45, 7) is 1.75. The van der Waals surface area contributed by atoms with Crippen LogP contribution in [0.3, 0.4) is 0 Å². The molecule has 2 aromatic carbocycles. The van der Waals surface area contributed by atoms with Crippen molar-refractivity contribution in [1.29, 1.82) is 5.26 Å². The lowest BCUT2D eigenvalue weighted by molar-refractivity contribution is -0.118. The SMILES string of the molecule is Cc1cc(Cl)ccc1OCC(=O)Nc1nc(-c2ccc(C#N)cc2)cs1. The molecule has 1 heterocycles. The van der Waals surface area contributed by atoms with Gasteiger partial charge in [-0.1, -0.05) is 23.7 Å². The van der Waals surface area contributed by atoms with Gasteiger partial charge in [-0.2, -0.15) is 5.26 Å². The van der Waals surface area contributed by atoms with Crippen LogP contribution in [0.5, 0.6) is 5.75 Å². The zero-order chi connectivity index (χ0) is 18.5. The quantitative estimate of drug-likeness (QED) is 0.695. The molecule has 0 radical (unpaired) electrons. The predicted molar refractivity (Wildman–Crippen MR) is 103 cm³/mol. The first kappa shape index (κ1) is 17.9. The van der Waals surface area contributed by atoms with Crippen molar-refractivity contribution in [3.63, 3.8) is 0 Å². The number of amides is 1. The van der Waals surface area contributed by atoms with Gasteiger partial charge in [-0.05, 0) is 42.8 Å². The number of nitrogens with one attached hydrogen (secondary N) is 1. The van der Waals surface area contributed by atoms with E-state index in [1.54, 1.807) is 30.3 Å². The van der Waals surface area contributed by atoms with Crippen LogP contribution >= 0.6 is 22.9 Å². The average Bonchev–Trinajstić information content (AvgIpc) is 3.09. The molecule has 0 fully saturated rings. The van der Waals surface area contributed by atoms with Gasteiger partial charge in [0.1, 0.15) is 5.75 Å². The van der Waals surface area contributed by atoms with Crippen molar-refractivity contribution in [3.8, 4) is 23.1 Å².